The van der Waals surface area contributed by atoms with Crippen LogP contribution in [0.2, 0.25) is 0 Å². The molecule has 2 aromatic carbocycles. The van der Waals surface area contributed by atoms with Gasteiger partial charge in [0.25, 0.3) is 5.91 Å². The Balaban J connectivity index is 2.38. The first-order valence-corrected chi connectivity index (χ1v) is 7.06. The Bertz CT molecular complexity index is 680. The number of aryl methyl sites for hydroxylation is 2. The largest absolute Gasteiger partial charge is 0.321 e. The number of carbonyl (C=O) groups excluding carboxylic acids is 1. The normalized spacial score (nSPS) is 10.3. The number of amides is 1. The lowest BCUT2D eigenvalue weighted by Gasteiger charge is -2.14. The predicted molar refractivity (Wildman–Crippen MR) is 85.8 cm³/mol. The summed E-state index contributed by atoms with van der Waals surface area (Å²) < 4.78 is 14.4. The van der Waals surface area contributed by atoms with Crippen LogP contribution in [-0.4, -0.2) is 5.91 Å². The van der Waals surface area contributed by atoms with E-state index < -0.39 is 11.7 Å². The first kappa shape index (κ1) is 15.5. The number of nitrogens with one attached hydrogen (secondary N) is 2. The van der Waals surface area contributed by atoms with Crippen LogP contribution in [-0.2, 0) is 0 Å². The number of anilines is 2. The summed E-state index contributed by atoms with van der Waals surface area (Å²) in [5.74, 6) is 4.27. The highest BCUT2D eigenvalue weighted by Gasteiger charge is 2.16. The molecule has 110 valence electrons. The van der Waals surface area contributed by atoms with E-state index in [2.05, 4.69) is 26.7 Å². The molecule has 0 fully saturated rings. The molecule has 4 nitrogen and oxygen atoms in total. The number of benzene rings is 2. The zero-order chi connectivity index (χ0) is 15.6. The average Bonchev–Trinajstić information content (AvgIpc) is 2.42. The lowest BCUT2D eigenvalue weighted by molar-refractivity contribution is 0.102. The van der Waals surface area contributed by atoms with Crippen molar-refractivity contribution in [2.45, 2.75) is 13.8 Å². The third-order valence-corrected chi connectivity index (χ3v) is 3.70. The van der Waals surface area contributed by atoms with Crippen LogP contribution in [0, 0.1) is 19.7 Å². The van der Waals surface area contributed by atoms with E-state index in [4.69, 9.17) is 5.84 Å². The Morgan fingerprint density at radius 2 is 1.95 bits per heavy atom. The van der Waals surface area contributed by atoms with Crippen molar-refractivity contribution in [1.29, 1.82) is 0 Å². The third-order valence-electron chi connectivity index (χ3n) is 3.07. The molecular formula is C15H15BrFN3O. The van der Waals surface area contributed by atoms with Crippen molar-refractivity contribution in [3.63, 3.8) is 0 Å². The van der Waals surface area contributed by atoms with E-state index in [1.54, 1.807) is 0 Å². The van der Waals surface area contributed by atoms with Crippen LogP contribution in [0.3, 0.4) is 0 Å². The summed E-state index contributed by atoms with van der Waals surface area (Å²) in [5.41, 5.74) is 4.97. The number of rotatable bonds is 3. The lowest BCUT2D eigenvalue weighted by atomic mass is 10.1. The van der Waals surface area contributed by atoms with Crippen molar-refractivity contribution >= 4 is 33.2 Å². The van der Waals surface area contributed by atoms with Gasteiger partial charge >= 0.3 is 0 Å². The van der Waals surface area contributed by atoms with Crippen molar-refractivity contribution in [3.8, 4) is 0 Å². The van der Waals surface area contributed by atoms with Gasteiger partial charge < -0.3 is 10.7 Å². The summed E-state index contributed by atoms with van der Waals surface area (Å²) in [6.07, 6.45) is 0. The van der Waals surface area contributed by atoms with Gasteiger partial charge in [-0.05, 0) is 59.1 Å². The van der Waals surface area contributed by atoms with E-state index in [0.717, 1.165) is 15.6 Å². The van der Waals surface area contributed by atoms with Crippen LogP contribution in [0.4, 0.5) is 15.8 Å². The molecule has 6 heteroatoms. The Kier molecular flexibility index (Phi) is 4.59. The van der Waals surface area contributed by atoms with Gasteiger partial charge in [0.15, 0.2) is 0 Å². The molecule has 0 aromatic heterocycles. The fourth-order valence-electron chi connectivity index (χ4n) is 2.11. The molecule has 21 heavy (non-hydrogen) atoms. The highest BCUT2D eigenvalue weighted by Crippen LogP contribution is 2.29. The molecule has 0 heterocycles. The van der Waals surface area contributed by atoms with Crippen LogP contribution >= 0.6 is 15.9 Å². The van der Waals surface area contributed by atoms with Crippen LogP contribution in [0.25, 0.3) is 0 Å². The fourth-order valence-corrected chi connectivity index (χ4v) is 2.89. The molecule has 0 saturated heterocycles. The minimum atomic E-state index is -0.579. The number of nitrogen functional groups attached to an aromatic ring is 1. The second kappa shape index (κ2) is 6.24. The topological polar surface area (TPSA) is 67.2 Å². The van der Waals surface area contributed by atoms with Crippen molar-refractivity contribution in [2.75, 3.05) is 10.7 Å². The van der Waals surface area contributed by atoms with Crippen LogP contribution in [0.1, 0.15) is 21.5 Å². The molecule has 0 atom stereocenters. The summed E-state index contributed by atoms with van der Waals surface area (Å²) in [7, 11) is 0. The first-order chi connectivity index (χ1) is 9.93. The molecule has 0 aliphatic carbocycles. The monoisotopic (exact) mass is 351 g/mol. The standard InChI is InChI=1S/C15H15BrFN3O/c1-8-6-9(2)13(11(16)7-8)19-15(21)10-4-3-5-12(17)14(10)20-18/h3-7,20H,18H2,1-2H3,(H,19,21). The van der Waals surface area contributed by atoms with Gasteiger partial charge in [-0.15, -0.1) is 0 Å². The zero-order valence-electron chi connectivity index (χ0n) is 11.6. The second-order valence-corrected chi connectivity index (χ2v) is 5.55. The molecule has 0 aliphatic rings. The summed E-state index contributed by atoms with van der Waals surface area (Å²) in [5, 5.41) is 2.78. The van der Waals surface area contributed by atoms with Gasteiger partial charge in [-0.25, -0.2) is 4.39 Å². The van der Waals surface area contributed by atoms with Gasteiger partial charge in [-0.2, -0.15) is 0 Å². The Hall–Kier alpha value is -1.92. The van der Waals surface area contributed by atoms with Gasteiger partial charge in [-0.3, -0.25) is 10.6 Å². The van der Waals surface area contributed by atoms with Gasteiger partial charge in [0.05, 0.1) is 16.9 Å². The number of hydrogen-bond donors (Lipinski definition) is 3. The molecule has 0 spiro atoms. The van der Waals surface area contributed by atoms with Crippen LogP contribution in [0.15, 0.2) is 34.8 Å². The molecule has 0 bridgehead atoms. The van der Waals surface area contributed by atoms with Crippen molar-refractivity contribution in [3.05, 3.63) is 57.3 Å². The van der Waals surface area contributed by atoms with E-state index in [9.17, 15) is 9.18 Å². The summed E-state index contributed by atoms with van der Waals surface area (Å²) in [4.78, 5) is 12.3. The fraction of sp³-hybridized carbons (Fsp3) is 0.133. The number of nitrogens with two attached hydrogens (primary N) is 1. The smallest absolute Gasteiger partial charge is 0.257 e. The van der Waals surface area contributed by atoms with E-state index in [-0.39, 0.29) is 11.3 Å². The number of para-hydroxylation sites is 1. The second-order valence-electron chi connectivity index (χ2n) is 4.70. The molecular weight excluding hydrogens is 337 g/mol. The Morgan fingerprint density at radius 3 is 2.57 bits per heavy atom. The summed E-state index contributed by atoms with van der Waals surface area (Å²) >= 11 is 3.42. The molecule has 0 aliphatic heterocycles. The van der Waals surface area contributed by atoms with Gasteiger partial charge in [-0.1, -0.05) is 12.1 Å². The number of halogens is 2. The van der Waals surface area contributed by atoms with Crippen molar-refractivity contribution in [2.24, 2.45) is 5.84 Å². The molecule has 1 amide bonds. The van der Waals surface area contributed by atoms with Gasteiger partial charge in [0.2, 0.25) is 0 Å². The highest BCUT2D eigenvalue weighted by atomic mass is 79.9. The highest BCUT2D eigenvalue weighted by molar-refractivity contribution is 9.10. The maximum Gasteiger partial charge on any atom is 0.257 e. The van der Waals surface area contributed by atoms with E-state index in [1.165, 1.54) is 18.2 Å². The van der Waals surface area contributed by atoms with E-state index in [0.29, 0.717) is 5.69 Å². The number of hydrazine groups is 1. The Labute approximate surface area is 130 Å². The molecule has 0 unspecified atom stereocenters. The zero-order valence-corrected chi connectivity index (χ0v) is 13.2. The Morgan fingerprint density at radius 1 is 1.24 bits per heavy atom. The van der Waals surface area contributed by atoms with Gasteiger partial charge in [0, 0.05) is 4.47 Å². The molecule has 0 saturated carbocycles. The molecule has 4 N–H and O–H groups in total. The maximum absolute atomic E-state index is 13.6. The number of hydrogen-bond acceptors (Lipinski definition) is 3. The molecule has 2 rings (SSSR count). The summed E-state index contributed by atoms with van der Waals surface area (Å²) in [6.45, 7) is 3.85. The predicted octanol–water partition coefficient (Wildman–Crippen LogP) is 3.74. The lowest BCUT2D eigenvalue weighted by Crippen LogP contribution is -2.19. The summed E-state index contributed by atoms with van der Waals surface area (Å²) in [6, 6.07) is 8.05. The van der Waals surface area contributed by atoms with Crippen molar-refractivity contribution < 1.29 is 9.18 Å². The minimum Gasteiger partial charge on any atom is -0.321 e. The molecule has 2 aromatic rings. The molecule has 0 radical (unpaired) electrons. The quantitative estimate of drug-likeness (QED) is 0.582. The SMILES string of the molecule is Cc1cc(C)c(NC(=O)c2cccc(F)c2NN)c(Br)c1. The van der Waals surface area contributed by atoms with E-state index >= 15 is 0 Å². The van der Waals surface area contributed by atoms with E-state index in [1.807, 2.05) is 26.0 Å². The maximum atomic E-state index is 13.6. The first-order valence-electron chi connectivity index (χ1n) is 6.27. The van der Waals surface area contributed by atoms with Crippen LogP contribution in [0.5, 0.6) is 0 Å². The number of carbonyl (C=O) groups is 1. The van der Waals surface area contributed by atoms with Crippen molar-refractivity contribution in [1.82, 2.24) is 0 Å². The average molecular weight is 352 g/mol. The third kappa shape index (κ3) is 3.22. The minimum absolute atomic E-state index is 0.0316. The van der Waals surface area contributed by atoms with Crippen LogP contribution < -0.4 is 16.6 Å². The van der Waals surface area contributed by atoms with Gasteiger partial charge in [0.1, 0.15) is 5.82 Å².